The van der Waals surface area contributed by atoms with Crippen LogP contribution in [0.5, 0.6) is 11.5 Å². The van der Waals surface area contributed by atoms with Crippen LogP contribution >= 0.6 is 0 Å². The number of aromatic nitrogens is 3. The van der Waals surface area contributed by atoms with E-state index in [0.717, 1.165) is 18.7 Å². The predicted octanol–water partition coefficient (Wildman–Crippen LogP) is 1.89. The fourth-order valence-corrected chi connectivity index (χ4v) is 4.28. The number of carbonyl (C=O) groups is 1. The van der Waals surface area contributed by atoms with Crippen molar-refractivity contribution in [1.29, 1.82) is 0 Å². The maximum atomic E-state index is 12.9. The van der Waals surface area contributed by atoms with Crippen LogP contribution in [0, 0.1) is 6.92 Å². The highest BCUT2D eigenvalue weighted by molar-refractivity contribution is 5.78. The topological polar surface area (TPSA) is 119 Å². The van der Waals surface area contributed by atoms with Crippen molar-refractivity contribution in [1.82, 2.24) is 25.2 Å². The van der Waals surface area contributed by atoms with Crippen molar-refractivity contribution in [2.75, 3.05) is 47.1 Å². The largest absolute Gasteiger partial charge is 0.493 e. The number of aromatic amines is 1. The molecule has 0 aliphatic carbocycles. The lowest BCUT2D eigenvalue weighted by atomic mass is 10.0. The minimum absolute atomic E-state index is 0.0710. The van der Waals surface area contributed by atoms with E-state index >= 15 is 0 Å². The van der Waals surface area contributed by atoms with Crippen LogP contribution in [0.1, 0.15) is 22.9 Å². The number of ether oxygens (including phenoxy) is 3. The number of methoxy groups -OCH3 is 2. The smallest absolute Gasteiger partial charge is 0.255 e. The van der Waals surface area contributed by atoms with E-state index in [1.807, 2.05) is 24.3 Å². The highest BCUT2D eigenvalue weighted by Gasteiger charge is 2.25. The Bertz CT molecular complexity index is 1240. The fourth-order valence-electron chi connectivity index (χ4n) is 4.28. The van der Waals surface area contributed by atoms with Gasteiger partial charge in [0.25, 0.3) is 5.56 Å². The summed E-state index contributed by atoms with van der Waals surface area (Å²) in [5, 5.41) is 3.01. The van der Waals surface area contributed by atoms with E-state index in [1.54, 1.807) is 39.5 Å². The molecule has 1 saturated heterocycles. The number of morpholine rings is 1. The van der Waals surface area contributed by atoms with Crippen LogP contribution in [0.25, 0.3) is 11.5 Å². The van der Waals surface area contributed by atoms with Crippen molar-refractivity contribution in [2.45, 2.75) is 19.4 Å². The van der Waals surface area contributed by atoms with Gasteiger partial charge in [0, 0.05) is 37.1 Å². The molecule has 3 heterocycles. The molecule has 2 N–H and O–H groups in total. The molecule has 1 fully saturated rings. The van der Waals surface area contributed by atoms with Gasteiger partial charge in [0.15, 0.2) is 17.3 Å². The molecule has 0 spiro atoms. The van der Waals surface area contributed by atoms with E-state index in [9.17, 15) is 9.59 Å². The second kappa shape index (κ2) is 11.8. The number of hydrogen-bond donors (Lipinski definition) is 2. The van der Waals surface area contributed by atoms with Gasteiger partial charge in [-0.3, -0.25) is 19.5 Å². The van der Waals surface area contributed by atoms with Gasteiger partial charge in [0.1, 0.15) is 5.69 Å². The Morgan fingerprint density at radius 2 is 1.94 bits per heavy atom. The van der Waals surface area contributed by atoms with Crippen LogP contribution in [0.2, 0.25) is 0 Å². The summed E-state index contributed by atoms with van der Waals surface area (Å²) in [6, 6.07) is 11.1. The highest BCUT2D eigenvalue weighted by atomic mass is 16.5. The van der Waals surface area contributed by atoms with E-state index in [0.29, 0.717) is 54.0 Å². The first-order chi connectivity index (χ1) is 17.5. The number of nitrogens with one attached hydrogen (secondary N) is 2. The summed E-state index contributed by atoms with van der Waals surface area (Å²) in [6.07, 6.45) is 1.56. The summed E-state index contributed by atoms with van der Waals surface area (Å²) in [6.45, 7) is 4.83. The van der Waals surface area contributed by atoms with Crippen molar-refractivity contribution >= 4 is 5.91 Å². The zero-order chi connectivity index (χ0) is 25.5. The van der Waals surface area contributed by atoms with Crippen molar-refractivity contribution in [3.63, 3.8) is 0 Å². The van der Waals surface area contributed by atoms with Crippen molar-refractivity contribution in [3.8, 4) is 23.0 Å². The van der Waals surface area contributed by atoms with Crippen LogP contribution in [0.15, 0.2) is 47.4 Å². The summed E-state index contributed by atoms with van der Waals surface area (Å²) in [7, 11) is 3.19. The van der Waals surface area contributed by atoms with Gasteiger partial charge in [0.2, 0.25) is 5.91 Å². The second-order valence-corrected chi connectivity index (χ2v) is 8.45. The monoisotopic (exact) mass is 493 g/mol. The molecule has 1 aliphatic heterocycles. The van der Waals surface area contributed by atoms with E-state index < -0.39 is 0 Å². The maximum Gasteiger partial charge on any atom is 0.255 e. The molecule has 36 heavy (non-hydrogen) atoms. The molecular formula is C26H31N5O5. The van der Waals surface area contributed by atoms with Gasteiger partial charge < -0.3 is 24.5 Å². The summed E-state index contributed by atoms with van der Waals surface area (Å²) in [5.74, 6) is 1.39. The third kappa shape index (κ3) is 5.89. The van der Waals surface area contributed by atoms with Gasteiger partial charge in [-0.1, -0.05) is 12.1 Å². The van der Waals surface area contributed by atoms with Crippen molar-refractivity contribution in [3.05, 3.63) is 69.8 Å². The zero-order valence-electron chi connectivity index (χ0n) is 20.7. The Kier molecular flexibility index (Phi) is 8.29. The van der Waals surface area contributed by atoms with Gasteiger partial charge in [-0.25, -0.2) is 4.98 Å². The average molecular weight is 494 g/mol. The number of aryl methyl sites for hydroxylation is 1. The van der Waals surface area contributed by atoms with E-state index in [4.69, 9.17) is 14.2 Å². The number of H-pyrrole nitrogens is 1. The molecule has 10 heteroatoms. The van der Waals surface area contributed by atoms with E-state index in [-0.39, 0.29) is 23.9 Å². The first kappa shape index (κ1) is 25.3. The first-order valence-corrected chi connectivity index (χ1v) is 11.8. The van der Waals surface area contributed by atoms with Crippen LogP contribution < -0.4 is 20.3 Å². The first-order valence-electron chi connectivity index (χ1n) is 11.8. The Hall–Kier alpha value is -3.76. The lowest BCUT2D eigenvalue weighted by molar-refractivity contribution is -0.120. The van der Waals surface area contributed by atoms with E-state index in [1.165, 1.54) is 0 Å². The minimum Gasteiger partial charge on any atom is -0.493 e. The molecule has 2 aromatic heterocycles. The van der Waals surface area contributed by atoms with Gasteiger partial charge in [-0.15, -0.1) is 0 Å². The molecular weight excluding hydrogens is 462 g/mol. The summed E-state index contributed by atoms with van der Waals surface area (Å²) < 4.78 is 16.4. The number of carbonyl (C=O) groups excluding carboxylic acids is 1. The molecule has 1 amide bonds. The third-order valence-corrected chi connectivity index (χ3v) is 6.24. The molecule has 0 bridgehead atoms. The number of amides is 1. The molecule has 0 saturated carbocycles. The molecule has 0 radical (unpaired) electrons. The maximum absolute atomic E-state index is 12.9. The second-order valence-electron chi connectivity index (χ2n) is 8.45. The SMILES string of the molecule is COc1ccc(C(CNC(=O)Cc2c(C)nc(-c3ccccn3)[nH]c2=O)N2CCOCC2)cc1OC. The number of benzene rings is 1. The number of nitrogens with zero attached hydrogens (tertiary/aromatic N) is 3. The Morgan fingerprint density at radius 1 is 1.17 bits per heavy atom. The summed E-state index contributed by atoms with van der Waals surface area (Å²) in [4.78, 5) is 39.4. The number of hydrogen-bond acceptors (Lipinski definition) is 8. The lowest BCUT2D eigenvalue weighted by Crippen LogP contribution is -2.44. The fraction of sp³-hybridized carbons (Fsp3) is 0.385. The lowest BCUT2D eigenvalue weighted by Gasteiger charge is -2.35. The Labute approximate surface area is 209 Å². The van der Waals surface area contributed by atoms with Crippen molar-refractivity contribution < 1.29 is 19.0 Å². The number of rotatable bonds is 9. The van der Waals surface area contributed by atoms with Crippen LogP contribution in [-0.4, -0.2) is 72.8 Å². The van der Waals surface area contributed by atoms with E-state index in [2.05, 4.69) is 25.2 Å². The molecule has 1 aliphatic rings. The van der Waals surface area contributed by atoms with Crippen LogP contribution in [0.4, 0.5) is 0 Å². The highest BCUT2D eigenvalue weighted by Crippen LogP contribution is 2.32. The predicted molar refractivity (Wildman–Crippen MR) is 134 cm³/mol. The van der Waals surface area contributed by atoms with Crippen LogP contribution in [0.3, 0.4) is 0 Å². The standard InChI is InChI=1S/C26H31N5O5/c1-17-19(26(33)30-25(29-17)20-6-4-5-9-27-20)15-24(32)28-16-21(31-10-12-36-13-11-31)18-7-8-22(34-2)23(14-18)35-3/h4-9,14,21H,10-13,15-16H2,1-3H3,(H,28,32)(H,29,30,33). The van der Waals surface area contributed by atoms with Gasteiger partial charge in [-0.2, -0.15) is 0 Å². The molecule has 10 nitrogen and oxygen atoms in total. The molecule has 1 atom stereocenters. The molecule has 190 valence electrons. The third-order valence-electron chi connectivity index (χ3n) is 6.24. The normalized spacial score (nSPS) is 14.8. The number of pyridine rings is 1. The average Bonchev–Trinajstić information content (AvgIpc) is 2.91. The molecule has 1 aromatic carbocycles. The summed E-state index contributed by atoms with van der Waals surface area (Å²) in [5.41, 5.74) is 2.05. The molecule has 4 rings (SSSR count). The molecule has 3 aromatic rings. The minimum atomic E-state index is -0.345. The quantitative estimate of drug-likeness (QED) is 0.464. The Morgan fingerprint density at radius 3 is 2.61 bits per heavy atom. The zero-order valence-corrected chi connectivity index (χ0v) is 20.7. The molecule has 1 unspecified atom stereocenters. The summed E-state index contributed by atoms with van der Waals surface area (Å²) >= 11 is 0. The van der Waals surface area contributed by atoms with Gasteiger partial charge in [-0.05, 0) is 36.8 Å². The van der Waals surface area contributed by atoms with Gasteiger partial charge >= 0.3 is 0 Å². The van der Waals surface area contributed by atoms with Crippen molar-refractivity contribution in [2.24, 2.45) is 0 Å². The van der Waals surface area contributed by atoms with Gasteiger partial charge in [0.05, 0.1) is 39.9 Å². The Balaban J connectivity index is 1.49. The van der Waals surface area contributed by atoms with Crippen LogP contribution in [-0.2, 0) is 16.0 Å².